The minimum Gasteiger partial charge on any atom is -0.246 e. The molecule has 0 rings (SSSR count). The molecule has 10 heavy (non-hydrogen) atoms. The maximum Gasteiger partial charge on any atom is 0.235 e. The summed E-state index contributed by atoms with van der Waals surface area (Å²) in [5, 5.41) is 21.6. The fraction of sp³-hybridized carbons (Fsp3) is 0. The Bertz CT molecular complexity index is 47.2. The van der Waals surface area contributed by atoms with Gasteiger partial charge in [-0.15, -0.1) is 0 Å². The lowest BCUT2D eigenvalue weighted by atomic mass is 14.4. The van der Waals surface area contributed by atoms with E-state index in [-0.39, 0.29) is 0 Å². The summed E-state index contributed by atoms with van der Waals surface area (Å²) >= 11 is 0. The molecule has 0 bridgehead atoms. The molecular weight excluding hydrogens is 190 g/mol. The van der Waals surface area contributed by atoms with Crippen molar-refractivity contribution in [1.29, 1.82) is 0 Å². The van der Waals surface area contributed by atoms with Crippen LogP contribution in [0.5, 0.6) is 0 Å². The molecule has 0 aliphatic carbocycles. The van der Waals surface area contributed by atoms with E-state index in [1.54, 1.807) is 0 Å². The summed E-state index contributed by atoms with van der Waals surface area (Å²) in [5.41, 5.74) is 0. The van der Waals surface area contributed by atoms with Crippen LogP contribution in [0.1, 0.15) is 0 Å². The SMILES string of the molecule is OOOOPOOPOO. The predicted octanol–water partition coefficient (Wildman–Crippen LogP) is 0.794. The highest BCUT2D eigenvalue weighted by atomic mass is 31.1. The minimum atomic E-state index is -0.672. The normalized spacial score (nSPS) is 12.6. The van der Waals surface area contributed by atoms with Gasteiger partial charge in [0.1, 0.15) is 0 Å². The van der Waals surface area contributed by atoms with E-state index < -0.39 is 18.1 Å². The van der Waals surface area contributed by atoms with Crippen molar-refractivity contribution in [2.24, 2.45) is 0 Å². The Hall–Kier alpha value is 0.540. The quantitative estimate of drug-likeness (QED) is 0.265. The lowest BCUT2D eigenvalue weighted by Gasteiger charge is -1.97. The third-order valence-corrected chi connectivity index (χ3v) is 0.925. The summed E-state index contributed by atoms with van der Waals surface area (Å²) in [6.45, 7) is 0. The largest absolute Gasteiger partial charge is 0.246 e. The third kappa shape index (κ3) is 8.54. The molecule has 62 valence electrons. The van der Waals surface area contributed by atoms with E-state index in [2.05, 4.69) is 28.8 Å². The minimum absolute atomic E-state index is 0.665. The van der Waals surface area contributed by atoms with E-state index in [9.17, 15) is 0 Å². The average molecular weight is 194 g/mol. The Labute approximate surface area is 58.5 Å². The first-order valence-corrected chi connectivity index (χ1v) is 3.31. The summed E-state index contributed by atoms with van der Waals surface area (Å²) in [6.07, 6.45) is 0. The van der Waals surface area contributed by atoms with E-state index in [0.717, 1.165) is 0 Å². The molecule has 2 unspecified atom stereocenters. The zero-order chi connectivity index (χ0) is 7.66. The molecule has 0 aliphatic heterocycles. The van der Waals surface area contributed by atoms with E-state index in [1.807, 2.05) is 0 Å². The maximum atomic E-state index is 7.64. The van der Waals surface area contributed by atoms with Crippen LogP contribution >= 0.6 is 18.1 Å². The van der Waals surface area contributed by atoms with Crippen molar-refractivity contribution in [3.8, 4) is 0 Å². The monoisotopic (exact) mass is 194 g/mol. The third-order valence-electron chi connectivity index (χ3n) is 0.245. The average Bonchev–Trinajstić information content (AvgIpc) is 1.97. The Kier molecular flexibility index (Phi) is 10.1. The van der Waals surface area contributed by atoms with Crippen molar-refractivity contribution in [2.75, 3.05) is 0 Å². The van der Waals surface area contributed by atoms with Crippen LogP contribution in [0.4, 0.5) is 0 Å². The second-order valence-electron chi connectivity index (χ2n) is 0.651. The summed E-state index contributed by atoms with van der Waals surface area (Å²) in [7, 11) is -1.34. The van der Waals surface area contributed by atoms with Crippen molar-refractivity contribution in [2.45, 2.75) is 0 Å². The second-order valence-corrected chi connectivity index (χ2v) is 1.67. The van der Waals surface area contributed by atoms with Gasteiger partial charge in [0.05, 0.1) is 0 Å². The van der Waals surface area contributed by atoms with Gasteiger partial charge in [-0.1, -0.05) is 0 Å². The van der Waals surface area contributed by atoms with Gasteiger partial charge in [-0.25, -0.2) is 10.5 Å². The first-order valence-electron chi connectivity index (χ1n) is 1.68. The molecule has 0 amide bonds. The zero-order valence-electron chi connectivity index (χ0n) is 4.34. The van der Waals surface area contributed by atoms with Gasteiger partial charge in [0.15, 0.2) is 0 Å². The van der Waals surface area contributed by atoms with Crippen LogP contribution in [0.2, 0.25) is 0 Å². The molecule has 0 aromatic rings. The molecule has 0 fully saturated rings. The van der Waals surface area contributed by atoms with Gasteiger partial charge in [-0.2, -0.15) is 18.7 Å². The molecule has 0 saturated carbocycles. The smallest absolute Gasteiger partial charge is 0.235 e. The number of rotatable bonds is 7. The molecule has 0 saturated heterocycles. The van der Waals surface area contributed by atoms with E-state index >= 15 is 0 Å². The van der Waals surface area contributed by atoms with Crippen LogP contribution in [0.15, 0.2) is 0 Å². The summed E-state index contributed by atoms with van der Waals surface area (Å²) in [4.78, 5) is 0. The highest BCUT2D eigenvalue weighted by Gasteiger charge is 1.90. The molecule has 0 spiro atoms. The number of hydrogen-bond donors (Lipinski definition) is 2. The first kappa shape index (κ1) is 10.5. The van der Waals surface area contributed by atoms with Crippen molar-refractivity contribution in [3.05, 3.63) is 0 Å². The van der Waals surface area contributed by atoms with E-state index in [4.69, 9.17) is 10.5 Å². The van der Waals surface area contributed by atoms with Crippen LogP contribution in [-0.2, 0) is 28.8 Å². The van der Waals surface area contributed by atoms with Crippen molar-refractivity contribution in [3.63, 3.8) is 0 Å². The fourth-order valence-corrected chi connectivity index (χ4v) is 0.481. The van der Waals surface area contributed by atoms with Gasteiger partial charge < -0.3 is 0 Å². The van der Waals surface area contributed by atoms with Crippen molar-refractivity contribution >= 4 is 18.1 Å². The number of hydrogen-bond acceptors (Lipinski definition) is 8. The van der Waals surface area contributed by atoms with Crippen LogP contribution in [0.3, 0.4) is 0 Å². The standard InChI is InChI=1S/H4O8P2/c1-3-5-6-10-8-7-9-4-2/h1-2,9-10H. The van der Waals surface area contributed by atoms with E-state index in [1.165, 1.54) is 0 Å². The molecular formula is H4O8P2. The van der Waals surface area contributed by atoms with Gasteiger partial charge in [0.25, 0.3) is 0 Å². The van der Waals surface area contributed by atoms with Crippen molar-refractivity contribution in [1.82, 2.24) is 0 Å². The highest BCUT2D eigenvalue weighted by Crippen LogP contribution is 2.21. The molecule has 0 radical (unpaired) electrons. The molecule has 0 aromatic carbocycles. The van der Waals surface area contributed by atoms with Crippen LogP contribution < -0.4 is 0 Å². The Morgan fingerprint density at radius 3 is 2.20 bits per heavy atom. The van der Waals surface area contributed by atoms with Gasteiger partial charge in [-0.3, -0.25) is 0 Å². The molecule has 2 atom stereocenters. The predicted molar refractivity (Wildman–Crippen MR) is 28.4 cm³/mol. The second kappa shape index (κ2) is 9.54. The van der Waals surface area contributed by atoms with Crippen molar-refractivity contribution < 1.29 is 39.3 Å². The lowest BCUT2D eigenvalue weighted by molar-refractivity contribution is -0.594. The van der Waals surface area contributed by atoms with Gasteiger partial charge in [0.2, 0.25) is 18.1 Å². The summed E-state index contributed by atoms with van der Waals surface area (Å²) < 4.78 is 15.5. The van der Waals surface area contributed by atoms with Crippen LogP contribution in [0, 0.1) is 0 Å². The fourth-order valence-electron chi connectivity index (χ4n) is 0.0922. The van der Waals surface area contributed by atoms with Crippen LogP contribution in [-0.4, -0.2) is 10.5 Å². The Balaban J connectivity index is 2.65. The Morgan fingerprint density at radius 1 is 0.900 bits per heavy atom. The molecule has 8 nitrogen and oxygen atoms in total. The summed E-state index contributed by atoms with van der Waals surface area (Å²) in [5.74, 6) is 0. The topological polar surface area (TPSA) is 95.8 Å². The van der Waals surface area contributed by atoms with Gasteiger partial charge in [-0.05, 0) is 10.1 Å². The van der Waals surface area contributed by atoms with Crippen LogP contribution in [0.25, 0.3) is 0 Å². The highest BCUT2D eigenvalue weighted by molar-refractivity contribution is 7.28. The first-order chi connectivity index (χ1) is 4.91. The Morgan fingerprint density at radius 2 is 1.60 bits per heavy atom. The molecule has 0 aliphatic rings. The maximum absolute atomic E-state index is 7.64. The molecule has 0 heterocycles. The molecule has 2 N–H and O–H groups in total. The molecule has 0 aromatic heterocycles. The van der Waals surface area contributed by atoms with Gasteiger partial charge >= 0.3 is 0 Å². The molecule has 10 heteroatoms. The lowest BCUT2D eigenvalue weighted by Crippen LogP contribution is -1.83. The zero-order valence-corrected chi connectivity index (χ0v) is 6.34. The summed E-state index contributed by atoms with van der Waals surface area (Å²) in [6, 6.07) is 0. The van der Waals surface area contributed by atoms with E-state index in [0.29, 0.717) is 0 Å². The van der Waals surface area contributed by atoms with Gasteiger partial charge in [0, 0.05) is 0 Å².